The molecule has 10 aromatic carbocycles. The van der Waals surface area contributed by atoms with Crippen molar-refractivity contribution in [2.45, 2.75) is 0 Å². The molecule has 0 aliphatic heterocycles. The monoisotopic (exact) mass is 713 g/mol. The predicted octanol–water partition coefficient (Wildman–Crippen LogP) is 15.5. The van der Waals surface area contributed by atoms with Gasteiger partial charge in [-0.3, -0.25) is 0 Å². The smallest absolute Gasteiger partial charge is 0.160 e. The zero-order chi connectivity index (χ0) is 37.0. The molecule has 0 spiro atoms. The van der Waals surface area contributed by atoms with E-state index in [0.29, 0.717) is 0 Å². The maximum Gasteiger partial charge on any atom is 0.160 e. The van der Waals surface area contributed by atoms with Crippen LogP contribution in [0.2, 0.25) is 0 Å². The van der Waals surface area contributed by atoms with Crippen molar-refractivity contribution < 1.29 is 4.42 Å². The lowest BCUT2D eigenvalue weighted by Gasteiger charge is -2.26. The van der Waals surface area contributed by atoms with Gasteiger partial charge in [-0.15, -0.1) is 0 Å². The average Bonchev–Trinajstić information content (AvgIpc) is 3.67. The second-order valence-electron chi connectivity index (χ2n) is 14.5. The highest BCUT2D eigenvalue weighted by atomic mass is 16.3. The Hall–Kier alpha value is -7.42. The molecule has 0 atom stereocenters. The number of para-hydroxylation sites is 1. The SMILES string of the molecule is c1ccc(-c2ccc(N(c3ccc(-c4cccc5c(-c6ccc7ccccc7c6)cccc45)cc3)c3cc4ccccc4c4c3oc3ccccc34)cc2)cc1. The molecule has 11 rings (SSSR count). The minimum atomic E-state index is 0.872. The van der Waals surface area contributed by atoms with Gasteiger partial charge in [-0.25, -0.2) is 0 Å². The van der Waals surface area contributed by atoms with E-state index in [0.717, 1.165) is 39.0 Å². The Balaban J connectivity index is 1.07. The summed E-state index contributed by atoms with van der Waals surface area (Å²) in [5, 5.41) is 9.59. The van der Waals surface area contributed by atoms with E-state index >= 15 is 0 Å². The second-order valence-corrected chi connectivity index (χ2v) is 14.5. The summed E-state index contributed by atoms with van der Waals surface area (Å²) in [6.07, 6.45) is 0. The van der Waals surface area contributed by atoms with Crippen LogP contribution in [0, 0.1) is 0 Å². The molecule has 0 unspecified atom stereocenters. The molecule has 0 amide bonds. The highest BCUT2D eigenvalue weighted by molar-refractivity contribution is 6.23. The summed E-state index contributed by atoms with van der Waals surface area (Å²) in [5.41, 5.74) is 12.1. The van der Waals surface area contributed by atoms with Crippen LogP contribution in [0.15, 0.2) is 217 Å². The summed E-state index contributed by atoms with van der Waals surface area (Å²) in [7, 11) is 0. The Morgan fingerprint density at radius 2 is 0.857 bits per heavy atom. The number of hydrogen-bond donors (Lipinski definition) is 0. The van der Waals surface area contributed by atoms with Gasteiger partial charge < -0.3 is 9.32 Å². The van der Waals surface area contributed by atoms with Crippen molar-refractivity contribution in [1.82, 2.24) is 0 Å². The van der Waals surface area contributed by atoms with Crippen molar-refractivity contribution >= 4 is 71.3 Å². The number of benzene rings is 10. The molecule has 262 valence electrons. The van der Waals surface area contributed by atoms with E-state index in [1.165, 1.54) is 65.7 Å². The molecule has 11 aromatic rings. The number of furan rings is 1. The van der Waals surface area contributed by atoms with Crippen molar-refractivity contribution in [1.29, 1.82) is 0 Å². The molecule has 0 N–H and O–H groups in total. The van der Waals surface area contributed by atoms with Crippen molar-refractivity contribution in [3.05, 3.63) is 212 Å². The lowest BCUT2D eigenvalue weighted by atomic mass is 9.92. The van der Waals surface area contributed by atoms with E-state index in [2.05, 4.69) is 211 Å². The lowest BCUT2D eigenvalue weighted by Crippen LogP contribution is -2.10. The summed E-state index contributed by atoms with van der Waals surface area (Å²) in [6, 6.07) is 76.4. The average molecular weight is 714 g/mol. The van der Waals surface area contributed by atoms with Gasteiger partial charge in [-0.1, -0.05) is 170 Å². The minimum Gasteiger partial charge on any atom is -0.454 e. The maximum atomic E-state index is 6.78. The topological polar surface area (TPSA) is 16.4 Å². The van der Waals surface area contributed by atoms with Gasteiger partial charge in [0, 0.05) is 22.1 Å². The summed E-state index contributed by atoms with van der Waals surface area (Å²) in [5.74, 6) is 0. The molecule has 0 saturated carbocycles. The van der Waals surface area contributed by atoms with Gasteiger partial charge in [0.1, 0.15) is 5.58 Å². The molecule has 1 aromatic heterocycles. The molecule has 1 heterocycles. The normalized spacial score (nSPS) is 11.6. The third-order valence-corrected chi connectivity index (χ3v) is 11.2. The van der Waals surface area contributed by atoms with Crippen LogP contribution in [0.3, 0.4) is 0 Å². The van der Waals surface area contributed by atoms with Crippen LogP contribution >= 0.6 is 0 Å². The fourth-order valence-corrected chi connectivity index (χ4v) is 8.54. The fraction of sp³-hybridized carbons (Fsp3) is 0. The summed E-state index contributed by atoms with van der Waals surface area (Å²) >= 11 is 0. The molecular weight excluding hydrogens is 679 g/mol. The van der Waals surface area contributed by atoms with E-state index < -0.39 is 0 Å². The molecule has 56 heavy (non-hydrogen) atoms. The number of nitrogens with zero attached hydrogens (tertiary/aromatic N) is 1. The van der Waals surface area contributed by atoms with Crippen LogP contribution < -0.4 is 4.90 Å². The number of fused-ring (bicyclic) bond motifs is 7. The third-order valence-electron chi connectivity index (χ3n) is 11.2. The van der Waals surface area contributed by atoms with Crippen LogP contribution in [0.4, 0.5) is 17.1 Å². The van der Waals surface area contributed by atoms with Gasteiger partial charge in [-0.2, -0.15) is 0 Å². The van der Waals surface area contributed by atoms with Gasteiger partial charge in [0.25, 0.3) is 0 Å². The Labute approximate surface area is 325 Å². The molecular formula is C54H35NO. The standard InChI is InChI=1S/C54H35NO/c1-2-12-36(13-3-1)38-26-30-43(31-27-38)55(51-35-41-16-6-7-17-47(41)53-50-18-8-9-23-52(50)56-54(51)53)44-32-28-39(29-33-44)45-19-10-22-49-46(20-11-21-48(45)49)42-25-24-37-14-4-5-15-40(37)34-42/h1-35H. The van der Waals surface area contributed by atoms with E-state index in [9.17, 15) is 0 Å². The molecule has 2 nitrogen and oxygen atoms in total. The summed E-state index contributed by atoms with van der Waals surface area (Å²) in [6.45, 7) is 0. The van der Waals surface area contributed by atoms with Crippen molar-refractivity contribution in [2.24, 2.45) is 0 Å². The Morgan fingerprint density at radius 1 is 0.321 bits per heavy atom. The van der Waals surface area contributed by atoms with E-state index in [4.69, 9.17) is 4.42 Å². The van der Waals surface area contributed by atoms with Crippen molar-refractivity contribution in [2.75, 3.05) is 4.90 Å². The maximum absolute atomic E-state index is 6.78. The Kier molecular flexibility index (Phi) is 7.53. The zero-order valence-corrected chi connectivity index (χ0v) is 30.6. The summed E-state index contributed by atoms with van der Waals surface area (Å²) in [4.78, 5) is 2.34. The first-order valence-electron chi connectivity index (χ1n) is 19.2. The highest BCUT2D eigenvalue weighted by Gasteiger charge is 2.22. The van der Waals surface area contributed by atoms with Crippen LogP contribution in [0.5, 0.6) is 0 Å². The van der Waals surface area contributed by atoms with E-state index in [1.54, 1.807) is 0 Å². The van der Waals surface area contributed by atoms with E-state index in [-0.39, 0.29) is 0 Å². The molecule has 0 fully saturated rings. The molecule has 0 aliphatic carbocycles. The molecule has 0 aliphatic rings. The summed E-state index contributed by atoms with van der Waals surface area (Å²) < 4.78 is 6.78. The van der Waals surface area contributed by atoms with Crippen LogP contribution in [0.25, 0.3) is 87.6 Å². The lowest BCUT2D eigenvalue weighted by molar-refractivity contribution is 0.669. The fourth-order valence-electron chi connectivity index (χ4n) is 8.54. The zero-order valence-electron chi connectivity index (χ0n) is 30.6. The van der Waals surface area contributed by atoms with Crippen molar-refractivity contribution in [3.63, 3.8) is 0 Å². The highest BCUT2D eigenvalue weighted by Crippen LogP contribution is 2.46. The van der Waals surface area contributed by atoms with Crippen LogP contribution in [0.1, 0.15) is 0 Å². The minimum absolute atomic E-state index is 0.872. The third kappa shape index (κ3) is 5.34. The van der Waals surface area contributed by atoms with Crippen molar-refractivity contribution in [3.8, 4) is 33.4 Å². The molecule has 0 radical (unpaired) electrons. The molecule has 0 bridgehead atoms. The Morgan fingerprint density at radius 3 is 1.59 bits per heavy atom. The first-order chi connectivity index (χ1) is 27.8. The number of rotatable bonds is 6. The first kappa shape index (κ1) is 32.0. The Bertz CT molecular complexity index is 3230. The molecule has 2 heteroatoms. The largest absolute Gasteiger partial charge is 0.454 e. The first-order valence-corrected chi connectivity index (χ1v) is 19.2. The quantitative estimate of drug-likeness (QED) is 0.171. The number of anilines is 3. The second kappa shape index (κ2) is 13.2. The van der Waals surface area contributed by atoms with Crippen LogP contribution in [-0.4, -0.2) is 0 Å². The predicted molar refractivity (Wildman–Crippen MR) is 237 cm³/mol. The van der Waals surface area contributed by atoms with Gasteiger partial charge in [-0.05, 0) is 108 Å². The van der Waals surface area contributed by atoms with E-state index in [1.807, 2.05) is 6.07 Å². The van der Waals surface area contributed by atoms with Crippen LogP contribution in [-0.2, 0) is 0 Å². The van der Waals surface area contributed by atoms with Gasteiger partial charge in [0.05, 0.1) is 5.69 Å². The number of hydrogen-bond acceptors (Lipinski definition) is 2. The molecule has 0 saturated heterocycles. The van der Waals surface area contributed by atoms with Gasteiger partial charge in [0.15, 0.2) is 5.58 Å². The van der Waals surface area contributed by atoms with Gasteiger partial charge in [0.2, 0.25) is 0 Å². The van der Waals surface area contributed by atoms with Gasteiger partial charge >= 0.3 is 0 Å².